The number of carbonyl (C=O) groups excluding carboxylic acids is 5. The molecule has 6 rings (SSSR count). The molecule has 0 radical (unpaired) electrons. The molecular formula is C46H59BrN8O7. The molecule has 62 heavy (non-hydrogen) atoms. The van der Waals surface area contributed by atoms with E-state index in [1.54, 1.807) is 40.1 Å². The van der Waals surface area contributed by atoms with Crippen LogP contribution in [-0.4, -0.2) is 99.1 Å². The second kappa shape index (κ2) is 21.3. The van der Waals surface area contributed by atoms with Gasteiger partial charge in [0.05, 0.1) is 23.5 Å². The Morgan fingerprint density at radius 1 is 0.677 bits per heavy atom. The van der Waals surface area contributed by atoms with E-state index in [9.17, 15) is 24.0 Å². The van der Waals surface area contributed by atoms with Gasteiger partial charge in [-0.15, -0.1) is 0 Å². The summed E-state index contributed by atoms with van der Waals surface area (Å²) in [4.78, 5) is 75.4. The molecule has 4 aromatic rings. The fourth-order valence-corrected chi connectivity index (χ4v) is 7.79. The highest BCUT2D eigenvalue weighted by atomic mass is 79.9. The molecule has 2 aromatic carbocycles. The number of hydrogen-bond acceptors (Lipinski definition) is 10. The second-order valence-corrected chi connectivity index (χ2v) is 17.9. The first-order valence-corrected chi connectivity index (χ1v) is 22.2. The lowest BCUT2D eigenvalue weighted by molar-refractivity contribution is 0.00898. The summed E-state index contributed by atoms with van der Waals surface area (Å²) in [6, 6.07) is 17.8. The van der Waals surface area contributed by atoms with Gasteiger partial charge in [-0.25, -0.2) is 19.6 Å². The maximum atomic E-state index is 13.3. The molecular weight excluding hydrogens is 856 g/mol. The average Bonchev–Trinajstić information content (AvgIpc) is 3.23. The highest BCUT2D eigenvalue weighted by molar-refractivity contribution is 9.08. The lowest BCUT2D eigenvalue weighted by Crippen LogP contribution is -2.50. The first-order chi connectivity index (χ1) is 29.5. The molecule has 2 unspecified atom stereocenters. The molecule has 2 aliphatic heterocycles. The van der Waals surface area contributed by atoms with Crippen molar-refractivity contribution >= 4 is 68.0 Å². The molecule has 15 nitrogen and oxygen atoms in total. The van der Waals surface area contributed by atoms with E-state index in [-0.39, 0.29) is 54.0 Å². The number of carbonyl (C=O) groups is 5. The second-order valence-electron chi connectivity index (χ2n) is 17.3. The number of ether oxygens (including phenoxy) is 2. The van der Waals surface area contributed by atoms with Crippen molar-refractivity contribution in [2.45, 2.75) is 109 Å². The van der Waals surface area contributed by atoms with Gasteiger partial charge in [-0.3, -0.25) is 14.4 Å². The zero-order valence-corrected chi connectivity index (χ0v) is 38.0. The summed E-state index contributed by atoms with van der Waals surface area (Å²) in [5, 5.41) is 11.1. The smallest absolute Gasteiger partial charge is 0.410 e. The number of pyridine rings is 2. The summed E-state index contributed by atoms with van der Waals surface area (Å²) in [7, 11) is 0. The van der Waals surface area contributed by atoms with E-state index >= 15 is 0 Å². The van der Waals surface area contributed by atoms with Crippen molar-refractivity contribution in [1.82, 2.24) is 30.4 Å². The van der Waals surface area contributed by atoms with Crippen molar-refractivity contribution in [2.24, 2.45) is 0 Å². The monoisotopic (exact) mass is 914 g/mol. The number of likely N-dealkylation sites (tertiary alicyclic amines) is 2. The molecule has 332 valence electrons. The van der Waals surface area contributed by atoms with Crippen LogP contribution in [0.2, 0.25) is 0 Å². The average molecular weight is 916 g/mol. The Bertz CT molecular complexity index is 2220. The van der Waals surface area contributed by atoms with Gasteiger partial charge in [0.1, 0.15) is 11.2 Å². The van der Waals surface area contributed by atoms with E-state index in [0.29, 0.717) is 41.9 Å². The van der Waals surface area contributed by atoms with Gasteiger partial charge in [-0.1, -0.05) is 46.3 Å². The molecule has 2 fully saturated rings. The number of hydrogen-bond donors (Lipinski definition) is 4. The Morgan fingerprint density at radius 2 is 1.19 bits per heavy atom. The minimum Gasteiger partial charge on any atom is -0.444 e. The first kappa shape index (κ1) is 47.3. The van der Waals surface area contributed by atoms with Gasteiger partial charge in [0.25, 0.3) is 17.7 Å². The van der Waals surface area contributed by atoms with Gasteiger partial charge in [0.2, 0.25) is 0 Å². The highest BCUT2D eigenvalue weighted by Crippen LogP contribution is 2.27. The van der Waals surface area contributed by atoms with E-state index < -0.39 is 17.1 Å². The summed E-state index contributed by atoms with van der Waals surface area (Å²) in [5.74, 6) is -1.08. The number of anilines is 2. The van der Waals surface area contributed by atoms with Crippen LogP contribution < -0.4 is 21.7 Å². The number of nitrogen functional groups attached to an aromatic ring is 1. The number of nitrogens with zero attached hydrogens (tertiary/aromatic N) is 4. The third-order valence-electron chi connectivity index (χ3n) is 10.2. The van der Waals surface area contributed by atoms with Crippen LogP contribution in [0.5, 0.6) is 0 Å². The van der Waals surface area contributed by atoms with Crippen molar-refractivity contribution in [1.29, 1.82) is 0 Å². The van der Waals surface area contributed by atoms with Crippen LogP contribution in [0.1, 0.15) is 117 Å². The molecule has 2 atom stereocenters. The van der Waals surface area contributed by atoms with Crippen LogP contribution in [0.15, 0.2) is 73.1 Å². The number of nitrogens with one attached hydrogen (secondary N) is 3. The van der Waals surface area contributed by atoms with Crippen molar-refractivity contribution in [3.8, 4) is 0 Å². The molecule has 2 saturated heterocycles. The number of amides is 5. The first-order valence-electron chi connectivity index (χ1n) is 21.0. The minimum atomic E-state index is -0.594. The fourth-order valence-electron chi connectivity index (χ4n) is 7.30. The third-order valence-corrected chi connectivity index (χ3v) is 10.8. The summed E-state index contributed by atoms with van der Waals surface area (Å²) in [6.07, 6.45) is 7.75. The lowest BCUT2D eigenvalue weighted by Gasteiger charge is -2.36. The maximum absolute atomic E-state index is 13.3. The highest BCUT2D eigenvalue weighted by Gasteiger charge is 2.32. The third kappa shape index (κ3) is 13.1. The van der Waals surface area contributed by atoms with Gasteiger partial charge in [-0.2, -0.15) is 0 Å². The molecule has 2 aromatic heterocycles. The van der Waals surface area contributed by atoms with Crippen molar-refractivity contribution in [2.75, 3.05) is 37.2 Å². The molecule has 5 N–H and O–H groups in total. The molecule has 0 saturated carbocycles. The number of piperidine rings is 2. The Balaban J connectivity index is 0.000000260. The van der Waals surface area contributed by atoms with E-state index in [4.69, 9.17) is 15.2 Å². The standard InChI is InChI=1S/C29H33BrN4O4.C17H26N4O3/c1-29(2,3)38-28(37)34-16-7-6-9-20(34)18-32-27(36)25-24(12-8-15-31-25)33-26(35)23-14-13-19(17-30)21-10-4-5-11-22(21)23;1-17(2,3)24-16(23)21-10-5-4-7-12(21)11-20-15(22)14-13(18)8-6-9-19-14/h4-5,8,10-15,20H,6-7,9,16-18H2,1-3H3,(H,32,36)(H,33,35);6,8-9,12H,4-5,7,10-11,18H2,1-3H3,(H,20,22). The number of fused-ring (bicyclic) bond motifs is 1. The molecule has 2 aliphatic rings. The minimum absolute atomic E-state index is 0.0810. The largest absolute Gasteiger partial charge is 0.444 e. The Labute approximate surface area is 372 Å². The predicted octanol–water partition coefficient (Wildman–Crippen LogP) is 8.08. The zero-order valence-electron chi connectivity index (χ0n) is 36.5. The summed E-state index contributed by atoms with van der Waals surface area (Å²) in [5.41, 5.74) is 7.20. The SMILES string of the molecule is CC(C)(C)OC(=O)N1CCCCC1CNC(=O)c1ncccc1N.CC(C)(C)OC(=O)N1CCCCC1CNC(=O)c1ncccc1NC(=O)c1ccc(CBr)c2ccccc12. The summed E-state index contributed by atoms with van der Waals surface area (Å²) >= 11 is 3.51. The molecule has 0 bridgehead atoms. The van der Waals surface area contributed by atoms with Gasteiger partial charge >= 0.3 is 12.2 Å². The summed E-state index contributed by atoms with van der Waals surface area (Å²) in [6.45, 7) is 12.9. The zero-order chi connectivity index (χ0) is 45.0. The van der Waals surface area contributed by atoms with Crippen molar-refractivity contribution in [3.05, 3.63) is 95.6 Å². The number of aromatic nitrogens is 2. The van der Waals surface area contributed by atoms with Crippen LogP contribution in [0, 0.1) is 0 Å². The quantitative estimate of drug-likeness (QED) is 0.119. The molecule has 16 heteroatoms. The number of benzene rings is 2. The van der Waals surface area contributed by atoms with E-state index in [1.165, 1.54) is 12.4 Å². The van der Waals surface area contributed by atoms with Crippen molar-refractivity contribution < 1.29 is 33.4 Å². The Kier molecular flexibility index (Phi) is 16.3. The van der Waals surface area contributed by atoms with Crippen LogP contribution in [-0.2, 0) is 14.8 Å². The summed E-state index contributed by atoms with van der Waals surface area (Å²) < 4.78 is 11.0. The van der Waals surface area contributed by atoms with Crippen LogP contribution in [0.25, 0.3) is 10.8 Å². The van der Waals surface area contributed by atoms with E-state index in [1.807, 2.05) is 71.9 Å². The molecule has 5 amide bonds. The number of rotatable bonds is 9. The lowest BCUT2D eigenvalue weighted by atomic mass is 10.00. The van der Waals surface area contributed by atoms with Gasteiger partial charge in [-0.05, 0) is 127 Å². The van der Waals surface area contributed by atoms with Gasteiger partial charge < -0.3 is 41.0 Å². The fraction of sp³-hybridized carbons (Fsp3) is 0.457. The molecule has 4 heterocycles. The number of alkyl halides is 1. The van der Waals surface area contributed by atoms with Crippen molar-refractivity contribution in [3.63, 3.8) is 0 Å². The van der Waals surface area contributed by atoms with E-state index in [0.717, 1.165) is 54.9 Å². The molecule has 0 aliphatic carbocycles. The Hall–Kier alpha value is -5.77. The number of nitrogens with two attached hydrogens (primary N) is 1. The van der Waals surface area contributed by atoms with Gasteiger partial charge in [0.15, 0.2) is 11.4 Å². The normalized spacial score (nSPS) is 16.6. The van der Waals surface area contributed by atoms with E-state index in [2.05, 4.69) is 41.8 Å². The Morgan fingerprint density at radius 3 is 1.73 bits per heavy atom. The van der Waals surface area contributed by atoms with Crippen LogP contribution >= 0.6 is 15.9 Å². The van der Waals surface area contributed by atoms with Gasteiger partial charge in [0, 0.05) is 49.5 Å². The molecule has 0 spiro atoms. The predicted molar refractivity (Wildman–Crippen MR) is 243 cm³/mol. The topological polar surface area (TPSA) is 198 Å². The number of halogens is 1. The van der Waals surface area contributed by atoms with Crippen LogP contribution in [0.4, 0.5) is 21.0 Å². The van der Waals surface area contributed by atoms with Crippen LogP contribution in [0.3, 0.4) is 0 Å². The maximum Gasteiger partial charge on any atom is 0.410 e.